The first-order valence-corrected chi connectivity index (χ1v) is 30.5. The van der Waals surface area contributed by atoms with Crippen LogP contribution in [0.2, 0.25) is 0 Å². The Morgan fingerprint density at radius 3 is 0.884 bits per heavy atom. The zero-order valence-electron chi connectivity index (χ0n) is 46.3. The number of unbranched alkanes of at least 4 members (excludes halogenated alkanes) is 39. The zero-order chi connectivity index (χ0) is 50.0. The largest absolute Gasteiger partial charge is 0.462 e. The Morgan fingerprint density at radius 2 is 0.565 bits per heavy atom. The number of hydrogen-bond acceptors (Lipinski definition) is 6. The van der Waals surface area contributed by atoms with Gasteiger partial charge in [-0.2, -0.15) is 0 Å². The minimum Gasteiger partial charge on any atom is -0.462 e. The SMILES string of the molecule is CC/C=C\C/C=C\C/C=C\CCCCCC(=O)OC(COC(=O)CCCCCCCCCCC)COC(=O)CCCCCCCCCCCCCCCCCCCCCCCCCCCCCCC. The van der Waals surface area contributed by atoms with E-state index in [4.69, 9.17) is 14.2 Å². The van der Waals surface area contributed by atoms with Crippen molar-refractivity contribution in [2.75, 3.05) is 13.2 Å². The summed E-state index contributed by atoms with van der Waals surface area (Å²) in [7, 11) is 0. The maximum atomic E-state index is 12.8. The number of esters is 3. The van der Waals surface area contributed by atoms with E-state index < -0.39 is 6.10 Å². The van der Waals surface area contributed by atoms with Gasteiger partial charge in [-0.25, -0.2) is 0 Å². The van der Waals surface area contributed by atoms with Crippen LogP contribution in [0.5, 0.6) is 0 Å². The molecule has 0 saturated carbocycles. The van der Waals surface area contributed by atoms with Gasteiger partial charge in [-0.3, -0.25) is 14.4 Å². The summed E-state index contributed by atoms with van der Waals surface area (Å²) in [6.07, 6.45) is 70.4. The molecule has 0 aromatic heterocycles. The average molecular weight is 970 g/mol. The van der Waals surface area contributed by atoms with Crippen molar-refractivity contribution < 1.29 is 28.6 Å². The molecule has 0 aliphatic carbocycles. The van der Waals surface area contributed by atoms with E-state index in [0.717, 1.165) is 83.5 Å². The van der Waals surface area contributed by atoms with Gasteiger partial charge in [-0.1, -0.05) is 295 Å². The van der Waals surface area contributed by atoms with E-state index in [1.807, 2.05) is 0 Å². The third kappa shape index (κ3) is 56.4. The highest BCUT2D eigenvalue weighted by Gasteiger charge is 2.19. The Labute approximate surface area is 429 Å². The Balaban J connectivity index is 4.05. The van der Waals surface area contributed by atoms with E-state index >= 15 is 0 Å². The van der Waals surface area contributed by atoms with Crippen LogP contribution in [0.25, 0.3) is 0 Å². The highest BCUT2D eigenvalue weighted by molar-refractivity contribution is 5.71. The van der Waals surface area contributed by atoms with Crippen molar-refractivity contribution in [1.29, 1.82) is 0 Å². The molecule has 0 rings (SSSR count). The average Bonchev–Trinajstić information content (AvgIpc) is 3.35. The summed E-state index contributed by atoms with van der Waals surface area (Å²) in [5.41, 5.74) is 0. The second-order valence-corrected chi connectivity index (χ2v) is 20.6. The van der Waals surface area contributed by atoms with Gasteiger partial charge < -0.3 is 14.2 Å². The normalized spacial score (nSPS) is 12.2. The molecule has 404 valence electrons. The summed E-state index contributed by atoms with van der Waals surface area (Å²) in [6.45, 7) is 6.52. The van der Waals surface area contributed by atoms with Crippen molar-refractivity contribution >= 4 is 17.9 Å². The van der Waals surface area contributed by atoms with Crippen LogP contribution in [0.3, 0.4) is 0 Å². The van der Waals surface area contributed by atoms with Crippen LogP contribution in [0.15, 0.2) is 36.5 Å². The lowest BCUT2D eigenvalue weighted by atomic mass is 10.0. The Hall–Kier alpha value is -2.37. The highest BCUT2D eigenvalue weighted by Crippen LogP contribution is 2.18. The number of rotatable bonds is 56. The molecule has 0 aliphatic heterocycles. The summed E-state index contributed by atoms with van der Waals surface area (Å²) in [4.78, 5) is 38.0. The van der Waals surface area contributed by atoms with Gasteiger partial charge in [0.2, 0.25) is 0 Å². The quantitative estimate of drug-likeness (QED) is 0.0261. The van der Waals surface area contributed by atoms with Gasteiger partial charge in [-0.15, -0.1) is 0 Å². The summed E-state index contributed by atoms with van der Waals surface area (Å²) in [5, 5.41) is 0. The lowest BCUT2D eigenvalue weighted by Gasteiger charge is -2.18. The van der Waals surface area contributed by atoms with E-state index in [0.29, 0.717) is 19.3 Å². The third-order valence-corrected chi connectivity index (χ3v) is 13.7. The Morgan fingerprint density at radius 1 is 0.304 bits per heavy atom. The zero-order valence-corrected chi connectivity index (χ0v) is 46.3. The van der Waals surface area contributed by atoms with E-state index in [1.165, 1.54) is 205 Å². The molecular weight excluding hydrogens is 853 g/mol. The molecule has 1 unspecified atom stereocenters. The van der Waals surface area contributed by atoms with Crippen LogP contribution in [0, 0.1) is 0 Å². The molecule has 0 aromatic carbocycles. The molecule has 69 heavy (non-hydrogen) atoms. The fraction of sp³-hybridized carbons (Fsp3) is 0.857. The Bertz CT molecular complexity index is 1160. The van der Waals surface area contributed by atoms with Crippen LogP contribution in [-0.2, 0) is 28.6 Å². The van der Waals surface area contributed by atoms with Gasteiger partial charge in [0, 0.05) is 19.3 Å². The molecule has 0 heterocycles. The van der Waals surface area contributed by atoms with Gasteiger partial charge in [0.15, 0.2) is 6.10 Å². The lowest BCUT2D eigenvalue weighted by Crippen LogP contribution is -2.30. The minimum absolute atomic E-state index is 0.0798. The molecule has 0 fully saturated rings. The molecule has 6 heteroatoms. The van der Waals surface area contributed by atoms with Gasteiger partial charge in [-0.05, 0) is 51.4 Å². The highest BCUT2D eigenvalue weighted by atomic mass is 16.6. The van der Waals surface area contributed by atoms with Crippen LogP contribution in [-0.4, -0.2) is 37.2 Å². The molecular formula is C63H116O6. The van der Waals surface area contributed by atoms with Crippen LogP contribution in [0.1, 0.15) is 329 Å². The molecule has 0 N–H and O–H groups in total. The Kier molecular flexibility index (Phi) is 56.2. The van der Waals surface area contributed by atoms with E-state index in [1.54, 1.807) is 0 Å². The molecule has 0 radical (unpaired) electrons. The second kappa shape index (κ2) is 58.2. The van der Waals surface area contributed by atoms with Crippen LogP contribution < -0.4 is 0 Å². The predicted octanol–water partition coefficient (Wildman–Crippen LogP) is 20.4. The number of ether oxygens (including phenoxy) is 3. The van der Waals surface area contributed by atoms with Gasteiger partial charge in [0.1, 0.15) is 13.2 Å². The smallest absolute Gasteiger partial charge is 0.306 e. The van der Waals surface area contributed by atoms with E-state index in [-0.39, 0.29) is 31.1 Å². The van der Waals surface area contributed by atoms with Crippen molar-refractivity contribution in [1.82, 2.24) is 0 Å². The fourth-order valence-electron chi connectivity index (χ4n) is 9.11. The van der Waals surface area contributed by atoms with Crippen molar-refractivity contribution in [2.24, 2.45) is 0 Å². The molecule has 0 amide bonds. The first-order valence-electron chi connectivity index (χ1n) is 30.5. The molecule has 0 aromatic rings. The van der Waals surface area contributed by atoms with Crippen molar-refractivity contribution in [3.8, 4) is 0 Å². The van der Waals surface area contributed by atoms with Crippen molar-refractivity contribution in [2.45, 2.75) is 335 Å². The van der Waals surface area contributed by atoms with Crippen molar-refractivity contribution in [3.63, 3.8) is 0 Å². The molecule has 0 aliphatic rings. The maximum absolute atomic E-state index is 12.8. The summed E-state index contributed by atoms with van der Waals surface area (Å²) in [6, 6.07) is 0. The summed E-state index contributed by atoms with van der Waals surface area (Å²) < 4.78 is 16.8. The number of carbonyl (C=O) groups is 3. The standard InChI is InChI=1S/C63H116O6/c1-4-7-10-13-16-19-21-23-24-25-26-27-28-29-30-31-32-33-34-35-36-37-38-40-41-44-47-50-53-56-62(65)68-59-60(58-67-61(64)55-52-49-46-43-18-15-12-9-6-3)69-63(66)57-54-51-48-45-42-39-22-20-17-14-11-8-5-2/h8,11,17,20,39,42,60H,4-7,9-10,12-16,18-19,21-38,40-41,43-59H2,1-3H3/b11-8-,20-17-,42-39-. The number of hydrogen-bond donors (Lipinski definition) is 0. The predicted molar refractivity (Wildman–Crippen MR) is 298 cm³/mol. The molecule has 0 bridgehead atoms. The second-order valence-electron chi connectivity index (χ2n) is 20.6. The fourth-order valence-corrected chi connectivity index (χ4v) is 9.11. The molecule has 1 atom stereocenters. The monoisotopic (exact) mass is 969 g/mol. The molecule has 0 saturated heterocycles. The van der Waals surface area contributed by atoms with E-state index in [2.05, 4.69) is 57.2 Å². The van der Waals surface area contributed by atoms with Gasteiger partial charge in [0.05, 0.1) is 0 Å². The number of allylic oxidation sites excluding steroid dienone is 6. The number of carbonyl (C=O) groups excluding carboxylic acids is 3. The summed E-state index contributed by atoms with van der Waals surface area (Å²) in [5.74, 6) is -0.896. The topological polar surface area (TPSA) is 78.9 Å². The summed E-state index contributed by atoms with van der Waals surface area (Å²) >= 11 is 0. The first-order chi connectivity index (χ1) is 34.0. The van der Waals surface area contributed by atoms with Gasteiger partial charge >= 0.3 is 17.9 Å². The molecule has 0 spiro atoms. The van der Waals surface area contributed by atoms with Crippen molar-refractivity contribution in [3.05, 3.63) is 36.5 Å². The first kappa shape index (κ1) is 66.6. The van der Waals surface area contributed by atoms with Crippen LogP contribution >= 0.6 is 0 Å². The lowest BCUT2D eigenvalue weighted by molar-refractivity contribution is -0.167. The third-order valence-electron chi connectivity index (χ3n) is 13.7. The molecule has 6 nitrogen and oxygen atoms in total. The van der Waals surface area contributed by atoms with Gasteiger partial charge in [0.25, 0.3) is 0 Å². The maximum Gasteiger partial charge on any atom is 0.306 e. The van der Waals surface area contributed by atoms with Crippen LogP contribution in [0.4, 0.5) is 0 Å². The van der Waals surface area contributed by atoms with E-state index in [9.17, 15) is 14.4 Å². The minimum atomic E-state index is -0.782.